The summed E-state index contributed by atoms with van der Waals surface area (Å²) in [5.74, 6) is 1.47. The van der Waals surface area contributed by atoms with Gasteiger partial charge in [0.2, 0.25) is 0 Å². The minimum Gasteiger partial charge on any atom is -0.399 e. The summed E-state index contributed by atoms with van der Waals surface area (Å²) in [5, 5.41) is 3.89. The Morgan fingerprint density at radius 3 is 2.50 bits per heavy atom. The molecule has 0 aromatic heterocycles. The Hall–Kier alpha value is -1.26. The van der Waals surface area contributed by atoms with Gasteiger partial charge in [0.25, 0.3) is 5.91 Å². The van der Waals surface area contributed by atoms with Gasteiger partial charge in [0.1, 0.15) is 0 Å². The smallest absolute Gasteiger partial charge is 0.255 e. The van der Waals surface area contributed by atoms with E-state index in [0.29, 0.717) is 16.3 Å². The first-order valence-corrected chi connectivity index (χ1v) is 7.58. The summed E-state index contributed by atoms with van der Waals surface area (Å²) in [6.45, 7) is 3.83. The quantitative estimate of drug-likeness (QED) is 0.779. The number of hydrogen-bond acceptors (Lipinski definition) is 3. The Bertz CT molecular complexity index is 506. The molecule has 1 aromatic rings. The van der Waals surface area contributed by atoms with Gasteiger partial charge in [0, 0.05) is 18.8 Å². The summed E-state index contributed by atoms with van der Waals surface area (Å²) in [7, 11) is 0. The van der Waals surface area contributed by atoms with Crippen molar-refractivity contribution in [3.8, 4) is 0 Å². The maximum Gasteiger partial charge on any atom is 0.255 e. The zero-order chi connectivity index (χ0) is 14.1. The van der Waals surface area contributed by atoms with E-state index in [-0.39, 0.29) is 5.91 Å². The van der Waals surface area contributed by atoms with E-state index in [1.54, 1.807) is 18.2 Å². The summed E-state index contributed by atoms with van der Waals surface area (Å²) in [5.41, 5.74) is 6.82. The van der Waals surface area contributed by atoms with E-state index >= 15 is 0 Å². The molecule has 108 valence electrons. The van der Waals surface area contributed by atoms with E-state index in [1.165, 1.54) is 0 Å². The van der Waals surface area contributed by atoms with Crippen LogP contribution in [0.1, 0.15) is 23.2 Å². The molecule has 2 aliphatic rings. The lowest BCUT2D eigenvalue weighted by molar-refractivity contribution is 0.0758. The van der Waals surface area contributed by atoms with Gasteiger partial charge in [0.05, 0.1) is 10.6 Å². The van der Waals surface area contributed by atoms with Crippen LogP contribution in [-0.2, 0) is 0 Å². The van der Waals surface area contributed by atoms with Crippen LogP contribution in [0.3, 0.4) is 0 Å². The molecule has 0 unspecified atom stereocenters. The van der Waals surface area contributed by atoms with E-state index in [4.69, 9.17) is 17.3 Å². The molecule has 1 aromatic carbocycles. The SMILES string of the molecule is Nc1ccc(C(=O)N2CC[C@@H]3CNC[C@@H]3CC2)c(Cl)c1. The molecule has 2 atom stereocenters. The zero-order valence-corrected chi connectivity index (χ0v) is 12.2. The minimum atomic E-state index is 0.0305. The molecule has 2 fully saturated rings. The van der Waals surface area contributed by atoms with Crippen molar-refractivity contribution < 1.29 is 4.79 Å². The molecule has 4 nitrogen and oxygen atoms in total. The van der Waals surface area contributed by atoms with Gasteiger partial charge in [-0.2, -0.15) is 0 Å². The highest BCUT2D eigenvalue weighted by molar-refractivity contribution is 6.34. The van der Waals surface area contributed by atoms with Gasteiger partial charge in [-0.3, -0.25) is 4.79 Å². The van der Waals surface area contributed by atoms with Crippen molar-refractivity contribution in [2.75, 3.05) is 31.9 Å². The molecule has 2 aliphatic heterocycles. The number of nitrogens with zero attached hydrogens (tertiary/aromatic N) is 1. The van der Waals surface area contributed by atoms with Crippen molar-refractivity contribution in [2.24, 2.45) is 11.8 Å². The second kappa shape index (κ2) is 5.62. The van der Waals surface area contributed by atoms with Crippen molar-refractivity contribution in [3.05, 3.63) is 28.8 Å². The maximum atomic E-state index is 12.6. The minimum absolute atomic E-state index is 0.0305. The average Bonchev–Trinajstić information content (AvgIpc) is 2.77. The van der Waals surface area contributed by atoms with Gasteiger partial charge in [-0.05, 0) is 56.0 Å². The number of halogens is 1. The van der Waals surface area contributed by atoms with Gasteiger partial charge in [-0.15, -0.1) is 0 Å². The Balaban J connectivity index is 1.74. The Morgan fingerprint density at radius 2 is 1.90 bits per heavy atom. The topological polar surface area (TPSA) is 58.4 Å². The van der Waals surface area contributed by atoms with E-state index in [0.717, 1.165) is 50.9 Å². The van der Waals surface area contributed by atoms with Gasteiger partial charge in [-0.1, -0.05) is 11.6 Å². The highest BCUT2D eigenvalue weighted by Crippen LogP contribution is 2.28. The molecule has 2 saturated heterocycles. The number of anilines is 1. The van der Waals surface area contributed by atoms with Crippen LogP contribution in [0.5, 0.6) is 0 Å². The summed E-state index contributed by atoms with van der Waals surface area (Å²) in [6.07, 6.45) is 2.16. The largest absolute Gasteiger partial charge is 0.399 e. The average molecular weight is 294 g/mol. The number of benzene rings is 1. The monoisotopic (exact) mass is 293 g/mol. The van der Waals surface area contributed by atoms with Crippen LogP contribution in [0, 0.1) is 11.8 Å². The summed E-state index contributed by atoms with van der Waals surface area (Å²) < 4.78 is 0. The second-order valence-corrected chi connectivity index (χ2v) is 6.19. The van der Waals surface area contributed by atoms with Crippen LogP contribution in [0.4, 0.5) is 5.69 Å². The third-order valence-corrected chi connectivity index (χ3v) is 4.84. The summed E-state index contributed by atoms with van der Waals surface area (Å²) >= 11 is 6.14. The molecule has 0 aliphatic carbocycles. The number of rotatable bonds is 1. The fourth-order valence-electron chi connectivity index (χ4n) is 3.30. The van der Waals surface area contributed by atoms with Crippen LogP contribution in [-0.4, -0.2) is 37.0 Å². The number of likely N-dealkylation sites (tertiary alicyclic amines) is 1. The standard InChI is InChI=1S/C15H20ClN3O/c16-14-7-12(17)1-2-13(14)15(20)19-5-3-10-8-18-9-11(10)4-6-19/h1-2,7,10-11,18H,3-6,8-9,17H2/t10-,11+. The predicted molar refractivity (Wildman–Crippen MR) is 80.9 cm³/mol. The molecule has 3 rings (SSSR count). The number of carbonyl (C=O) groups excluding carboxylic acids is 1. The zero-order valence-electron chi connectivity index (χ0n) is 11.4. The third-order valence-electron chi connectivity index (χ3n) is 4.53. The van der Waals surface area contributed by atoms with Gasteiger partial charge >= 0.3 is 0 Å². The molecular weight excluding hydrogens is 274 g/mol. The molecule has 1 amide bonds. The lowest BCUT2D eigenvalue weighted by Gasteiger charge is -2.21. The van der Waals surface area contributed by atoms with Gasteiger partial charge in [-0.25, -0.2) is 0 Å². The van der Waals surface area contributed by atoms with Crippen molar-refractivity contribution in [1.29, 1.82) is 0 Å². The Morgan fingerprint density at radius 1 is 1.25 bits per heavy atom. The first-order valence-electron chi connectivity index (χ1n) is 7.20. The molecule has 5 heteroatoms. The Kier molecular flexibility index (Phi) is 3.85. The number of hydrogen-bond donors (Lipinski definition) is 2. The first kappa shape index (κ1) is 13.7. The summed E-state index contributed by atoms with van der Waals surface area (Å²) in [4.78, 5) is 14.5. The van der Waals surface area contributed by atoms with Crippen molar-refractivity contribution in [2.45, 2.75) is 12.8 Å². The highest BCUT2D eigenvalue weighted by Gasteiger charge is 2.31. The Labute approximate surface area is 124 Å². The normalized spacial score (nSPS) is 26.1. The van der Waals surface area contributed by atoms with Crippen molar-refractivity contribution in [3.63, 3.8) is 0 Å². The summed E-state index contributed by atoms with van der Waals surface area (Å²) in [6, 6.07) is 5.11. The van der Waals surface area contributed by atoms with Crippen LogP contribution < -0.4 is 11.1 Å². The number of nitrogens with two attached hydrogens (primary N) is 1. The fraction of sp³-hybridized carbons (Fsp3) is 0.533. The number of fused-ring (bicyclic) bond motifs is 1. The van der Waals surface area contributed by atoms with Crippen LogP contribution in [0.15, 0.2) is 18.2 Å². The molecule has 0 saturated carbocycles. The number of nitrogens with one attached hydrogen (secondary N) is 1. The molecule has 3 N–H and O–H groups in total. The predicted octanol–water partition coefficient (Wildman–Crippen LogP) is 1.99. The maximum absolute atomic E-state index is 12.6. The van der Waals surface area contributed by atoms with E-state index in [1.807, 2.05) is 4.90 Å². The lowest BCUT2D eigenvalue weighted by Crippen LogP contribution is -2.33. The first-order chi connectivity index (χ1) is 9.65. The van der Waals surface area contributed by atoms with Crippen LogP contribution in [0.25, 0.3) is 0 Å². The van der Waals surface area contributed by atoms with E-state index in [9.17, 15) is 4.79 Å². The number of nitrogen functional groups attached to an aromatic ring is 1. The molecule has 20 heavy (non-hydrogen) atoms. The van der Waals surface area contributed by atoms with Crippen molar-refractivity contribution >= 4 is 23.2 Å². The highest BCUT2D eigenvalue weighted by atomic mass is 35.5. The van der Waals surface area contributed by atoms with Gasteiger partial charge in [0.15, 0.2) is 0 Å². The van der Waals surface area contributed by atoms with Crippen molar-refractivity contribution in [1.82, 2.24) is 10.2 Å². The lowest BCUT2D eigenvalue weighted by atomic mass is 9.92. The molecule has 0 spiro atoms. The van der Waals surface area contributed by atoms with E-state index < -0.39 is 0 Å². The fourth-order valence-corrected chi connectivity index (χ4v) is 3.57. The van der Waals surface area contributed by atoms with Crippen LogP contribution in [0.2, 0.25) is 5.02 Å². The number of amides is 1. The second-order valence-electron chi connectivity index (χ2n) is 5.79. The van der Waals surface area contributed by atoms with Gasteiger partial charge < -0.3 is 16.0 Å². The third kappa shape index (κ3) is 2.63. The molecule has 2 heterocycles. The molecular formula is C15H20ClN3O. The molecule has 0 radical (unpaired) electrons. The van der Waals surface area contributed by atoms with E-state index in [2.05, 4.69) is 5.32 Å². The number of carbonyl (C=O) groups is 1. The molecule has 0 bridgehead atoms. The van der Waals surface area contributed by atoms with Crippen LogP contribution >= 0.6 is 11.6 Å².